The first-order chi connectivity index (χ1) is 14.3. The van der Waals surface area contributed by atoms with Gasteiger partial charge in [0.05, 0.1) is 0 Å². The molecule has 0 spiro atoms. The Labute approximate surface area is 192 Å². The van der Waals surface area contributed by atoms with Gasteiger partial charge in [-0.2, -0.15) is 0 Å². The minimum Gasteiger partial charge on any atom is -0.484 e. The van der Waals surface area contributed by atoms with Crippen LogP contribution in [0.1, 0.15) is 32.3 Å². The molecule has 2 aromatic rings. The lowest BCUT2D eigenvalue weighted by atomic mass is 10.1. The van der Waals surface area contributed by atoms with Gasteiger partial charge in [-0.3, -0.25) is 9.59 Å². The Balaban J connectivity index is 2.15. The first kappa shape index (κ1) is 24.3. The molecule has 0 saturated carbocycles. The molecule has 1 N–H and O–H groups in total. The van der Waals surface area contributed by atoms with Crippen molar-refractivity contribution in [1.29, 1.82) is 0 Å². The molecule has 0 bridgehead atoms. The van der Waals surface area contributed by atoms with Crippen molar-refractivity contribution in [2.45, 2.75) is 39.3 Å². The Morgan fingerprint density at radius 1 is 1.10 bits per heavy atom. The topological polar surface area (TPSA) is 58.6 Å². The Bertz CT molecular complexity index is 876. The zero-order valence-corrected chi connectivity index (χ0v) is 19.2. The van der Waals surface area contributed by atoms with Gasteiger partial charge < -0.3 is 15.0 Å². The number of nitrogens with one attached hydrogen (secondary N) is 1. The van der Waals surface area contributed by atoms with Crippen molar-refractivity contribution in [2.24, 2.45) is 0 Å². The molecular weight excluding hydrogens is 447 g/mol. The minimum absolute atomic E-state index is 0.149. The molecule has 5 nitrogen and oxygen atoms in total. The normalized spacial score (nSPS) is 11.6. The van der Waals surface area contributed by atoms with Gasteiger partial charge in [-0.25, -0.2) is 0 Å². The van der Waals surface area contributed by atoms with E-state index in [1.54, 1.807) is 49.4 Å². The first-order valence-electron chi connectivity index (χ1n) is 9.71. The number of amides is 2. The van der Waals surface area contributed by atoms with Crippen LogP contribution in [0, 0.1) is 0 Å². The van der Waals surface area contributed by atoms with E-state index in [0.29, 0.717) is 32.9 Å². The molecule has 2 aromatic carbocycles. The summed E-state index contributed by atoms with van der Waals surface area (Å²) in [7, 11) is 0. The fourth-order valence-corrected chi connectivity index (χ4v) is 3.39. The largest absolute Gasteiger partial charge is 0.484 e. The van der Waals surface area contributed by atoms with Crippen LogP contribution in [0.5, 0.6) is 5.75 Å². The van der Waals surface area contributed by atoms with Crippen LogP contribution in [0.15, 0.2) is 42.5 Å². The third-order valence-electron chi connectivity index (χ3n) is 4.51. The van der Waals surface area contributed by atoms with Crippen molar-refractivity contribution in [3.63, 3.8) is 0 Å². The fraction of sp³-hybridized carbons (Fsp3) is 0.364. The summed E-state index contributed by atoms with van der Waals surface area (Å²) in [6, 6.07) is 11.1. The summed E-state index contributed by atoms with van der Waals surface area (Å²) in [6.07, 6.45) is 1.83. The van der Waals surface area contributed by atoms with Crippen LogP contribution in [0.25, 0.3) is 0 Å². The van der Waals surface area contributed by atoms with Crippen molar-refractivity contribution < 1.29 is 14.3 Å². The summed E-state index contributed by atoms with van der Waals surface area (Å²) in [5.74, 6) is -0.107. The highest BCUT2D eigenvalue weighted by Gasteiger charge is 2.27. The summed E-state index contributed by atoms with van der Waals surface area (Å²) >= 11 is 18.2. The number of nitrogens with zero attached hydrogens (tertiary/aromatic N) is 1. The van der Waals surface area contributed by atoms with E-state index in [0.717, 1.165) is 12.8 Å². The number of ether oxygens (including phenoxy) is 1. The molecule has 8 heteroatoms. The molecule has 0 heterocycles. The molecule has 0 radical (unpaired) electrons. The van der Waals surface area contributed by atoms with Crippen molar-refractivity contribution in [1.82, 2.24) is 10.2 Å². The quantitative estimate of drug-likeness (QED) is 0.475. The summed E-state index contributed by atoms with van der Waals surface area (Å²) in [6.45, 7) is 4.19. The standard InChI is InChI=1S/C22H25Cl3N2O3/c1-3-4-10-26-22(29)15(2)27(13-16-8-9-18(24)12-20(16)25)21(28)14-30-19-7-5-6-17(23)11-19/h5-9,11-12,15H,3-4,10,13-14H2,1-2H3,(H,26,29)/t15-/m0/s1. The van der Waals surface area contributed by atoms with Crippen LogP contribution in [-0.2, 0) is 16.1 Å². The van der Waals surface area contributed by atoms with Crippen molar-refractivity contribution >= 4 is 46.6 Å². The maximum Gasteiger partial charge on any atom is 0.261 e. The fourth-order valence-electron chi connectivity index (χ4n) is 2.74. The SMILES string of the molecule is CCCCNC(=O)[C@H](C)N(Cc1ccc(Cl)cc1Cl)C(=O)COc1cccc(Cl)c1. The number of carbonyl (C=O) groups is 2. The lowest BCUT2D eigenvalue weighted by Crippen LogP contribution is -2.49. The Morgan fingerprint density at radius 2 is 1.83 bits per heavy atom. The Morgan fingerprint density at radius 3 is 2.50 bits per heavy atom. The van der Waals surface area contributed by atoms with Gasteiger partial charge in [0, 0.05) is 28.2 Å². The van der Waals surface area contributed by atoms with Gasteiger partial charge in [-0.1, -0.05) is 60.3 Å². The Kier molecular flexibility index (Phi) is 9.76. The number of benzene rings is 2. The molecule has 0 fully saturated rings. The van der Waals surface area contributed by atoms with Crippen LogP contribution in [-0.4, -0.2) is 35.9 Å². The van der Waals surface area contributed by atoms with E-state index in [1.165, 1.54) is 4.90 Å². The van der Waals surface area contributed by atoms with E-state index >= 15 is 0 Å². The molecule has 2 amide bonds. The number of carbonyl (C=O) groups excluding carboxylic acids is 2. The van der Waals surface area contributed by atoms with Crippen molar-refractivity contribution in [3.05, 3.63) is 63.1 Å². The second-order valence-electron chi connectivity index (χ2n) is 6.82. The molecule has 0 aromatic heterocycles. The van der Waals surface area contributed by atoms with Gasteiger partial charge in [0.2, 0.25) is 5.91 Å². The van der Waals surface area contributed by atoms with Crippen LogP contribution in [0.2, 0.25) is 15.1 Å². The van der Waals surface area contributed by atoms with Crippen LogP contribution in [0.4, 0.5) is 0 Å². The number of hydrogen-bond acceptors (Lipinski definition) is 3. The zero-order chi connectivity index (χ0) is 22.1. The van der Waals surface area contributed by atoms with Gasteiger partial charge in [0.15, 0.2) is 6.61 Å². The van der Waals surface area contributed by atoms with Crippen LogP contribution >= 0.6 is 34.8 Å². The molecular formula is C22H25Cl3N2O3. The maximum absolute atomic E-state index is 13.0. The van der Waals surface area contributed by atoms with Crippen LogP contribution < -0.4 is 10.1 Å². The predicted octanol–water partition coefficient (Wildman–Crippen LogP) is 5.36. The molecule has 0 unspecified atom stereocenters. The molecule has 2 rings (SSSR count). The van der Waals surface area contributed by atoms with E-state index in [9.17, 15) is 9.59 Å². The maximum atomic E-state index is 13.0. The number of rotatable bonds is 10. The number of hydrogen-bond donors (Lipinski definition) is 1. The van der Waals surface area contributed by atoms with E-state index in [2.05, 4.69) is 5.32 Å². The summed E-state index contributed by atoms with van der Waals surface area (Å²) < 4.78 is 5.58. The summed E-state index contributed by atoms with van der Waals surface area (Å²) in [5, 5.41) is 4.29. The predicted molar refractivity (Wildman–Crippen MR) is 121 cm³/mol. The molecule has 1 atom stereocenters. The zero-order valence-electron chi connectivity index (χ0n) is 17.0. The smallest absolute Gasteiger partial charge is 0.261 e. The van der Waals surface area contributed by atoms with Gasteiger partial charge in [-0.05, 0) is 49.2 Å². The van der Waals surface area contributed by atoms with Crippen LogP contribution in [0.3, 0.4) is 0 Å². The second-order valence-corrected chi connectivity index (χ2v) is 8.10. The second kappa shape index (κ2) is 12.0. The van der Waals surface area contributed by atoms with Gasteiger partial charge in [0.25, 0.3) is 5.91 Å². The van der Waals surface area contributed by atoms with Gasteiger partial charge >= 0.3 is 0 Å². The van der Waals surface area contributed by atoms with E-state index < -0.39 is 6.04 Å². The molecule has 0 saturated heterocycles. The molecule has 0 aliphatic heterocycles. The van der Waals surface area contributed by atoms with Crippen molar-refractivity contribution in [2.75, 3.05) is 13.2 Å². The average molecular weight is 472 g/mol. The van der Waals surface area contributed by atoms with Gasteiger partial charge in [-0.15, -0.1) is 0 Å². The molecule has 162 valence electrons. The van der Waals surface area contributed by atoms with Gasteiger partial charge in [0.1, 0.15) is 11.8 Å². The number of unbranched alkanes of at least 4 members (excludes halogenated alkanes) is 1. The summed E-state index contributed by atoms with van der Waals surface area (Å²) in [4.78, 5) is 27.0. The third-order valence-corrected chi connectivity index (χ3v) is 5.33. The highest BCUT2D eigenvalue weighted by Crippen LogP contribution is 2.23. The monoisotopic (exact) mass is 470 g/mol. The highest BCUT2D eigenvalue weighted by atomic mass is 35.5. The minimum atomic E-state index is -0.705. The Hall–Kier alpha value is -1.95. The molecule has 0 aliphatic rings. The van der Waals surface area contributed by atoms with E-state index in [4.69, 9.17) is 39.5 Å². The molecule has 0 aliphatic carbocycles. The lowest BCUT2D eigenvalue weighted by Gasteiger charge is -2.29. The number of halogens is 3. The summed E-state index contributed by atoms with van der Waals surface area (Å²) in [5.41, 5.74) is 0.686. The lowest BCUT2D eigenvalue weighted by molar-refractivity contribution is -0.142. The van der Waals surface area contributed by atoms with Crippen molar-refractivity contribution in [3.8, 4) is 5.75 Å². The highest BCUT2D eigenvalue weighted by molar-refractivity contribution is 6.35. The molecule has 30 heavy (non-hydrogen) atoms. The third kappa shape index (κ3) is 7.38. The first-order valence-corrected chi connectivity index (χ1v) is 10.8. The van der Waals surface area contributed by atoms with E-state index in [-0.39, 0.29) is 25.0 Å². The average Bonchev–Trinajstić information content (AvgIpc) is 2.71. The van der Waals surface area contributed by atoms with E-state index in [1.807, 2.05) is 6.92 Å².